The lowest BCUT2D eigenvalue weighted by atomic mass is 10.1. The average Bonchev–Trinajstić information content (AvgIpc) is 3.63. The summed E-state index contributed by atoms with van der Waals surface area (Å²) in [5.74, 6) is 3.03. The molecule has 202 valence electrons. The third-order valence-electron chi connectivity index (χ3n) is 6.48. The Balaban J connectivity index is 1.48. The lowest BCUT2D eigenvalue weighted by molar-refractivity contribution is -0.132. The molecule has 1 fully saturated rings. The summed E-state index contributed by atoms with van der Waals surface area (Å²) in [5, 5.41) is 3.41. The number of aryl methyl sites for hydroxylation is 1. The number of nitrogens with one attached hydrogen (secondary N) is 1. The molecule has 38 heavy (non-hydrogen) atoms. The van der Waals surface area contributed by atoms with E-state index in [9.17, 15) is 9.59 Å². The minimum Gasteiger partial charge on any atom is -0.493 e. The maximum absolute atomic E-state index is 13.6. The Labute approximate surface area is 228 Å². The van der Waals surface area contributed by atoms with Gasteiger partial charge in [0.25, 0.3) is 0 Å². The van der Waals surface area contributed by atoms with Crippen molar-refractivity contribution in [3.63, 3.8) is 0 Å². The van der Waals surface area contributed by atoms with Crippen molar-refractivity contribution in [2.45, 2.75) is 32.7 Å². The SMILES string of the molecule is COc1ccc(CCN(Cc2ccc(C)o2)C(=O)CN(CC2CC2)C(=O)Nc2cccc(Cl)c2)cc1OC. The molecule has 4 rings (SSSR count). The Morgan fingerprint density at radius 3 is 2.47 bits per heavy atom. The van der Waals surface area contributed by atoms with Crippen LogP contribution in [-0.2, 0) is 17.8 Å². The van der Waals surface area contributed by atoms with Crippen molar-refractivity contribution in [3.05, 3.63) is 76.7 Å². The van der Waals surface area contributed by atoms with Crippen LogP contribution in [0.4, 0.5) is 10.5 Å². The zero-order valence-electron chi connectivity index (χ0n) is 22.0. The first-order valence-corrected chi connectivity index (χ1v) is 13.1. The molecule has 0 atom stereocenters. The Hall–Kier alpha value is -3.65. The van der Waals surface area contributed by atoms with Crippen LogP contribution in [0.5, 0.6) is 11.5 Å². The molecule has 0 saturated heterocycles. The van der Waals surface area contributed by atoms with Gasteiger partial charge >= 0.3 is 6.03 Å². The number of rotatable bonds is 12. The number of hydrogen-bond acceptors (Lipinski definition) is 5. The number of ether oxygens (including phenoxy) is 2. The molecule has 1 aliphatic carbocycles. The van der Waals surface area contributed by atoms with Crippen molar-refractivity contribution in [2.75, 3.05) is 39.2 Å². The molecule has 0 aliphatic heterocycles. The van der Waals surface area contributed by atoms with Gasteiger partial charge in [-0.25, -0.2) is 4.79 Å². The number of benzene rings is 2. The van der Waals surface area contributed by atoms with Gasteiger partial charge in [-0.15, -0.1) is 0 Å². The highest BCUT2D eigenvalue weighted by atomic mass is 35.5. The van der Waals surface area contributed by atoms with Crippen LogP contribution in [0, 0.1) is 12.8 Å². The van der Waals surface area contributed by atoms with Gasteiger partial charge in [-0.1, -0.05) is 23.7 Å². The molecule has 1 saturated carbocycles. The Morgan fingerprint density at radius 1 is 1.03 bits per heavy atom. The number of carbonyl (C=O) groups excluding carboxylic acids is 2. The number of amides is 3. The molecule has 0 unspecified atom stereocenters. The summed E-state index contributed by atoms with van der Waals surface area (Å²) in [6.07, 6.45) is 2.72. The van der Waals surface area contributed by atoms with Crippen molar-refractivity contribution in [1.82, 2.24) is 9.80 Å². The molecule has 2 aromatic carbocycles. The number of urea groups is 1. The van der Waals surface area contributed by atoms with Gasteiger partial charge in [0.1, 0.15) is 18.1 Å². The van der Waals surface area contributed by atoms with Crippen molar-refractivity contribution in [2.24, 2.45) is 5.92 Å². The molecule has 1 aliphatic rings. The van der Waals surface area contributed by atoms with E-state index < -0.39 is 0 Å². The van der Waals surface area contributed by atoms with Gasteiger partial charge in [0.2, 0.25) is 5.91 Å². The highest BCUT2D eigenvalue weighted by Gasteiger charge is 2.29. The van der Waals surface area contributed by atoms with Gasteiger partial charge in [0.15, 0.2) is 11.5 Å². The fourth-order valence-electron chi connectivity index (χ4n) is 4.21. The van der Waals surface area contributed by atoms with Crippen molar-refractivity contribution in [1.29, 1.82) is 0 Å². The third-order valence-corrected chi connectivity index (χ3v) is 6.71. The molecule has 0 bridgehead atoms. The number of anilines is 1. The summed E-state index contributed by atoms with van der Waals surface area (Å²) >= 11 is 6.08. The van der Waals surface area contributed by atoms with Crippen LogP contribution in [0.25, 0.3) is 0 Å². The van der Waals surface area contributed by atoms with E-state index in [1.165, 1.54) is 0 Å². The first kappa shape index (κ1) is 27.4. The van der Waals surface area contributed by atoms with E-state index in [0.717, 1.165) is 24.2 Å². The summed E-state index contributed by atoms with van der Waals surface area (Å²) in [6, 6.07) is 16.1. The predicted octanol–water partition coefficient (Wildman–Crippen LogP) is 5.77. The average molecular weight is 540 g/mol. The largest absolute Gasteiger partial charge is 0.493 e. The van der Waals surface area contributed by atoms with Crippen LogP contribution in [0.3, 0.4) is 0 Å². The summed E-state index contributed by atoms with van der Waals surface area (Å²) in [4.78, 5) is 30.1. The van der Waals surface area contributed by atoms with Crippen LogP contribution in [0.15, 0.2) is 59.0 Å². The standard InChI is InChI=1S/C29H34ClN3O5/c1-20-7-11-25(38-20)18-32(14-13-21-10-12-26(36-2)27(15-21)37-3)28(34)19-33(17-22-8-9-22)29(35)31-24-6-4-5-23(30)16-24/h4-7,10-12,15-16,22H,8-9,13-14,17-19H2,1-3H3,(H,31,35). The van der Waals surface area contributed by atoms with Gasteiger partial charge < -0.3 is 29.0 Å². The van der Waals surface area contributed by atoms with Gasteiger partial charge in [-0.2, -0.15) is 0 Å². The Kier molecular flexibility index (Phi) is 9.18. The number of halogens is 1. The van der Waals surface area contributed by atoms with E-state index in [1.807, 2.05) is 37.3 Å². The van der Waals surface area contributed by atoms with E-state index >= 15 is 0 Å². The summed E-state index contributed by atoms with van der Waals surface area (Å²) in [6.45, 7) is 3.13. The van der Waals surface area contributed by atoms with E-state index in [2.05, 4.69) is 5.32 Å². The number of hydrogen-bond donors (Lipinski definition) is 1. The molecule has 0 radical (unpaired) electrons. The lowest BCUT2D eigenvalue weighted by Crippen LogP contribution is -2.45. The molecule has 3 aromatic rings. The van der Waals surface area contributed by atoms with Crippen molar-refractivity contribution in [3.8, 4) is 11.5 Å². The number of methoxy groups -OCH3 is 2. The number of nitrogens with zero attached hydrogens (tertiary/aromatic N) is 2. The predicted molar refractivity (Wildman–Crippen MR) is 147 cm³/mol. The first-order valence-electron chi connectivity index (χ1n) is 12.7. The summed E-state index contributed by atoms with van der Waals surface area (Å²) < 4.78 is 16.5. The highest BCUT2D eigenvalue weighted by molar-refractivity contribution is 6.30. The van der Waals surface area contributed by atoms with Crippen LogP contribution >= 0.6 is 11.6 Å². The highest BCUT2D eigenvalue weighted by Crippen LogP contribution is 2.30. The van der Waals surface area contributed by atoms with E-state index in [1.54, 1.807) is 48.3 Å². The fraction of sp³-hybridized carbons (Fsp3) is 0.379. The van der Waals surface area contributed by atoms with Crippen molar-refractivity contribution >= 4 is 29.2 Å². The molecule has 1 heterocycles. The van der Waals surface area contributed by atoms with Gasteiger partial charge in [-0.05, 0) is 80.1 Å². The quantitative estimate of drug-likeness (QED) is 0.316. The minimum absolute atomic E-state index is 0.0332. The summed E-state index contributed by atoms with van der Waals surface area (Å²) in [7, 11) is 3.19. The third kappa shape index (κ3) is 7.68. The molecule has 9 heteroatoms. The van der Waals surface area contributed by atoms with Gasteiger partial charge in [-0.3, -0.25) is 4.79 Å². The number of carbonyl (C=O) groups is 2. The van der Waals surface area contributed by atoms with E-state index in [0.29, 0.717) is 59.9 Å². The minimum atomic E-state index is -0.318. The topological polar surface area (TPSA) is 84.2 Å². The maximum atomic E-state index is 13.6. The van der Waals surface area contributed by atoms with E-state index in [-0.39, 0.29) is 18.5 Å². The lowest BCUT2D eigenvalue weighted by Gasteiger charge is -2.27. The monoisotopic (exact) mass is 539 g/mol. The fourth-order valence-corrected chi connectivity index (χ4v) is 4.40. The van der Waals surface area contributed by atoms with Gasteiger partial charge in [0.05, 0.1) is 20.8 Å². The molecule has 8 nitrogen and oxygen atoms in total. The van der Waals surface area contributed by atoms with Crippen molar-refractivity contribution < 1.29 is 23.5 Å². The molecule has 3 amide bonds. The Morgan fingerprint density at radius 2 is 1.82 bits per heavy atom. The zero-order valence-corrected chi connectivity index (χ0v) is 22.8. The van der Waals surface area contributed by atoms with Gasteiger partial charge in [0, 0.05) is 23.8 Å². The summed E-state index contributed by atoms with van der Waals surface area (Å²) in [5.41, 5.74) is 1.59. The second-order valence-corrected chi connectivity index (χ2v) is 9.97. The second-order valence-electron chi connectivity index (χ2n) is 9.53. The van der Waals surface area contributed by atoms with Crippen LogP contribution in [-0.4, -0.2) is 55.6 Å². The van der Waals surface area contributed by atoms with Crippen LogP contribution < -0.4 is 14.8 Å². The second kappa shape index (κ2) is 12.7. The molecular weight excluding hydrogens is 506 g/mol. The first-order chi connectivity index (χ1) is 18.3. The van der Waals surface area contributed by atoms with Crippen LogP contribution in [0.2, 0.25) is 5.02 Å². The maximum Gasteiger partial charge on any atom is 0.322 e. The zero-order chi connectivity index (χ0) is 27.1. The normalized spacial score (nSPS) is 12.6. The van der Waals surface area contributed by atoms with E-state index in [4.69, 9.17) is 25.5 Å². The Bertz CT molecular complexity index is 1260. The number of furan rings is 1. The molecular formula is C29H34ClN3O5. The smallest absolute Gasteiger partial charge is 0.322 e. The van der Waals surface area contributed by atoms with Crippen LogP contribution in [0.1, 0.15) is 29.9 Å². The molecule has 0 spiro atoms. The molecule has 1 aromatic heterocycles. The molecule has 1 N–H and O–H groups in total.